The van der Waals surface area contributed by atoms with Crippen LogP contribution in [0.4, 0.5) is 17.6 Å². The molecule has 27 heavy (non-hydrogen) atoms. The summed E-state index contributed by atoms with van der Waals surface area (Å²) in [6.45, 7) is 0.0735. The van der Waals surface area contributed by atoms with Gasteiger partial charge in [0.05, 0.1) is 0 Å². The first-order chi connectivity index (χ1) is 12.9. The van der Waals surface area contributed by atoms with Crippen molar-refractivity contribution in [3.8, 4) is 0 Å². The number of alkyl halides is 2. The Morgan fingerprint density at radius 3 is 2.56 bits per heavy atom. The average molecular weight is 381 g/mol. The summed E-state index contributed by atoms with van der Waals surface area (Å²) >= 11 is 0. The Kier molecular flexibility index (Phi) is 4.44. The van der Waals surface area contributed by atoms with E-state index in [1.54, 1.807) is 6.07 Å². The minimum absolute atomic E-state index is 0.0735. The average Bonchev–Trinajstić information content (AvgIpc) is 3.52. The predicted octanol–water partition coefficient (Wildman–Crippen LogP) is 4.32. The van der Waals surface area contributed by atoms with Gasteiger partial charge in [0, 0.05) is 19.6 Å². The summed E-state index contributed by atoms with van der Waals surface area (Å²) in [7, 11) is 1.18. The number of hydrogen-bond acceptors (Lipinski definition) is 2. The second-order valence-corrected chi connectivity index (χ2v) is 7.26. The van der Waals surface area contributed by atoms with Crippen molar-refractivity contribution < 1.29 is 22.4 Å². The van der Waals surface area contributed by atoms with Crippen molar-refractivity contribution in [2.45, 2.75) is 50.6 Å². The molecule has 2 aliphatic rings. The minimum Gasteiger partial charge on any atom is -0.331 e. The first kappa shape index (κ1) is 18.0. The summed E-state index contributed by atoms with van der Waals surface area (Å²) in [6, 6.07) is 4.32. The first-order valence-electron chi connectivity index (χ1n) is 8.96. The lowest BCUT2D eigenvalue weighted by atomic mass is 10.0. The van der Waals surface area contributed by atoms with E-state index in [2.05, 4.69) is 5.10 Å². The second-order valence-electron chi connectivity index (χ2n) is 7.26. The highest BCUT2D eigenvalue weighted by molar-refractivity contribution is 5.96. The van der Waals surface area contributed by atoms with Crippen molar-refractivity contribution in [1.82, 2.24) is 14.7 Å². The van der Waals surface area contributed by atoms with Crippen LogP contribution in [0.1, 0.15) is 65.2 Å². The Balaban J connectivity index is 1.69. The van der Waals surface area contributed by atoms with Gasteiger partial charge in [-0.15, -0.1) is 0 Å². The largest absolute Gasteiger partial charge is 0.331 e. The van der Waals surface area contributed by atoms with Gasteiger partial charge in [0.2, 0.25) is 5.95 Å². The molecule has 4 nitrogen and oxygen atoms in total. The van der Waals surface area contributed by atoms with Gasteiger partial charge in [-0.2, -0.15) is 9.49 Å². The van der Waals surface area contributed by atoms with E-state index in [-0.39, 0.29) is 12.6 Å². The molecule has 2 aliphatic carbocycles. The summed E-state index contributed by atoms with van der Waals surface area (Å²) in [5, 5.41) is 3.45. The highest BCUT2D eigenvalue weighted by atomic mass is 19.3. The van der Waals surface area contributed by atoms with Gasteiger partial charge < -0.3 is 4.90 Å². The Hall–Kier alpha value is -2.38. The number of aryl methyl sites for hydroxylation is 1. The first-order valence-corrected chi connectivity index (χ1v) is 8.96. The van der Waals surface area contributed by atoms with Crippen LogP contribution < -0.4 is 0 Å². The van der Waals surface area contributed by atoms with Gasteiger partial charge in [-0.3, -0.25) is 4.79 Å². The zero-order valence-electron chi connectivity index (χ0n) is 14.8. The fourth-order valence-corrected chi connectivity index (χ4v) is 3.46. The fraction of sp³-hybridized carbons (Fsp3) is 0.474. The fourth-order valence-electron chi connectivity index (χ4n) is 3.46. The van der Waals surface area contributed by atoms with Crippen LogP contribution in [0, 0.1) is 11.8 Å². The normalized spacial score (nSPS) is 16.8. The molecular weight excluding hydrogens is 362 g/mol. The molecule has 1 heterocycles. The third-order valence-corrected chi connectivity index (χ3v) is 5.14. The van der Waals surface area contributed by atoms with Crippen LogP contribution in [0.15, 0.2) is 18.2 Å². The maximum atomic E-state index is 14.4. The third-order valence-electron chi connectivity index (χ3n) is 5.14. The maximum absolute atomic E-state index is 14.4. The summed E-state index contributed by atoms with van der Waals surface area (Å²) < 4.78 is 55.3. The van der Waals surface area contributed by atoms with E-state index in [1.165, 1.54) is 24.1 Å². The zero-order chi connectivity index (χ0) is 19.3. The van der Waals surface area contributed by atoms with Gasteiger partial charge in [0.15, 0.2) is 0 Å². The van der Waals surface area contributed by atoms with E-state index < -0.39 is 35.4 Å². The summed E-state index contributed by atoms with van der Waals surface area (Å²) in [6.07, 6.45) is 0.375. The summed E-state index contributed by atoms with van der Waals surface area (Å²) in [5.74, 6) is -1.98. The smallest absolute Gasteiger partial charge is 0.283 e. The molecular formula is C19H19F4N3O. The maximum Gasteiger partial charge on any atom is 0.283 e. The predicted molar refractivity (Wildman–Crippen MR) is 89.4 cm³/mol. The van der Waals surface area contributed by atoms with Crippen LogP contribution in [0.3, 0.4) is 0 Å². The van der Waals surface area contributed by atoms with E-state index in [1.807, 2.05) is 0 Å². The van der Waals surface area contributed by atoms with Crippen LogP contribution in [-0.4, -0.2) is 26.6 Å². The van der Waals surface area contributed by atoms with Gasteiger partial charge in [-0.05, 0) is 54.9 Å². The number of benzene rings is 1. The molecule has 0 N–H and O–H groups in total. The van der Waals surface area contributed by atoms with Gasteiger partial charge in [0.25, 0.3) is 12.3 Å². The Labute approximate surface area is 153 Å². The van der Waals surface area contributed by atoms with Gasteiger partial charge in [0.1, 0.15) is 17.1 Å². The van der Waals surface area contributed by atoms with Crippen LogP contribution in [0.2, 0.25) is 0 Å². The quantitative estimate of drug-likeness (QED) is 0.699. The van der Waals surface area contributed by atoms with Crippen LogP contribution in [0.25, 0.3) is 0 Å². The van der Waals surface area contributed by atoms with Crippen molar-refractivity contribution in [3.63, 3.8) is 0 Å². The molecule has 0 atom stereocenters. The molecule has 8 heteroatoms. The Morgan fingerprint density at radius 2 is 1.96 bits per heavy atom. The van der Waals surface area contributed by atoms with Crippen LogP contribution in [0.5, 0.6) is 0 Å². The summed E-state index contributed by atoms with van der Waals surface area (Å²) in [5.41, 5.74) is 0.0762. The van der Waals surface area contributed by atoms with Crippen LogP contribution >= 0.6 is 0 Å². The molecule has 0 radical (unpaired) electrons. The van der Waals surface area contributed by atoms with Gasteiger partial charge >= 0.3 is 0 Å². The highest BCUT2D eigenvalue weighted by Gasteiger charge is 2.39. The molecule has 1 aromatic carbocycles. The van der Waals surface area contributed by atoms with Crippen molar-refractivity contribution in [2.75, 3.05) is 0 Å². The third kappa shape index (κ3) is 3.44. The van der Waals surface area contributed by atoms with Crippen molar-refractivity contribution in [2.24, 2.45) is 7.05 Å². The number of halogens is 4. The van der Waals surface area contributed by atoms with E-state index in [4.69, 9.17) is 0 Å². The van der Waals surface area contributed by atoms with E-state index in [0.717, 1.165) is 18.4 Å². The molecule has 0 bridgehead atoms. The van der Waals surface area contributed by atoms with Crippen molar-refractivity contribution in [1.29, 1.82) is 0 Å². The van der Waals surface area contributed by atoms with E-state index in [0.29, 0.717) is 29.0 Å². The molecule has 0 aliphatic heterocycles. The van der Waals surface area contributed by atoms with E-state index in [9.17, 15) is 22.4 Å². The molecule has 0 unspecified atom stereocenters. The summed E-state index contributed by atoms with van der Waals surface area (Å²) in [4.78, 5) is 14.4. The Bertz CT molecular complexity index is 887. The lowest BCUT2D eigenvalue weighted by Crippen LogP contribution is -2.34. The molecule has 0 saturated heterocycles. The lowest BCUT2D eigenvalue weighted by Gasteiger charge is -2.24. The minimum atomic E-state index is -3.06. The second kappa shape index (κ2) is 6.65. The highest BCUT2D eigenvalue weighted by Crippen LogP contribution is 2.43. The SMILES string of the molecule is Cn1nc(C(F)F)c(C(=O)N(Cc2cc(F)ccc2C2CC2)C2CC2)c1F. The number of carbonyl (C=O) groups excluding carboxylic acids is 1. The van der Waals surface area contributed by atoms with Crippen molar-refractivity contribution in [3.05, 3.63) is 52.3 Å². The number of nitrogens with zero attached hydrogens (tertiary/aromatic N) is 3. The molecule has 2 saturated carbocycles. The van der Waals surface area contributed by atoms with Crippen molar-refractivity contribution >= 4 is 5.91 Å². The number of carbonyl (C=O) groups is 1. The number of aromatic nitrogens is 2. The molecule has 4 rings (SSSR count). The molecule has 1 aromatic heterocycles. The number of hydrogen-bond donors (Lipinski definition) is 0. The monoisotopic (exact) mass is 381 g/mol. The topological polar surface area (TPSA) is 38.1 Å². The molecule has 2 aromatic rings. The molecule has 144 valence electrons. The molecule has 0 spiro atoms. The molecule has 1 amide bonds. The zero-order valence-corrected chi connectivity index (χ0v) is 14.8. The number of amides is 1. The van der Waals surface area contributed by atoms with Gasteiger partial charge in [-0.1, -0.05) is 6.07 Å². The molecule has 2 fully saturated rings. The lowest BCUT2D eigenvalue weighted by molar-refractivity contribution is 0.0711. The van der Waals surface area contributed by atoms with Gasteiger partial charge in [-0.25, -0.2) is 17.9 Å². The van der Waals surface area contributed by atoms with Crippen LogP contribution in [-0.2, 0) is 13.6 Å². The standard InChI is InChI=1S/C19H19F4N3O/c1-25-18(23)15(16(24-25)17(21)22)19(27)26(13-5-6-13)9-11-8-12(20)4-7-14(11)10-2-3-10/h4,7-8,10,13,17H,2-3,5-6,9H2,1H3. The Morgan fingerprint density at radius 1 is 1.26 bits per heavy atom. The van der Waals surface area contributed by atoms with E-state index >= 15 is 0 Å². The number of rotatable bonds is 6.